The van der Waals surface area contributed by atoms with E-state index in [-0.39, 0.29) is 12.1 Å². The van der Waals surface area contributed by atoms with Gasteiger partial charge in [0.2, 0.25) is 0 Å². The molecule has 8 heteroatoms. The summed E-state index contributed by atoms with van der Waals surface area (Å²) in [4.78, 5) is 6.67. The van der Waals surface area contributed by atoms with Crippen molar-refractivity contribution in [2.75, 3.05) is 13.1 Å². The van der Waals surface area contributed by atoms with Gasteiger partial charge in [-0.15, -0.1) is 0 Å². The van der Waals surface area contributed by atoms with Crippen LogP contribution in [0.4, 0.5) is 0 Å². The highest BCUT2D eigenvalue weighted by atomic mass is 35.5. The Morgan fingerprint density at radius 1 is 0.941 bits per heavy atom. The van der Waals surface area contributed by atoms with Crippen LogP contribution in [0.2, 0.25) is 10.0 Å². The molecule has 1 fully saturated rings. The lowest BCUT2D eigenvalue weighted by molar-refractivity contribution is 0.0496. The van der Waals surface area contributed by atoms with Crippen LogP contribution in [0, 0.1) is 0 Å². The first-order chi connectivity index (χ1) is 16.5. The Bertz CT molecular complexity index is 1260. The van der Waals surface area contributed by atoms with Gasteiger partial charge in [-0.1, -0.05) is 65.7 Å². The van der Waals surface area contributed by atoms with Crippen molar-refractivity contribution in [3.8, 4) is 0 Å². The Kier molecular flexibility index (Phi) is 6.97. The van der Waals surface area contributed by atoms with Crippen molar-refractivity contribution in [1.29, 1.82) is 0 Å². The molecule has 0 N–H and O–H groups in total. The van der Waals surface area contributed by atoms with E-state index in [2.05, 4.69) is 9.88 Å². The number of fused-ring (bicyclic) bond motifs is 1. The maximum absolute atomic E-state index is 12.2. The Balaban J connectivity index is 1.38. The SMILES string of the molecule is O=S([O-])N(Cc1cccc2ncccc12)C1CN(C(c2ccc(Cl)cc2)c2ccc(Cl)cc2)C1. The molecule has 0 aliphatic carbocycles. The van der Waals surface area contributed by atoms with Crippen LogP contribution in [0.1, 0.15) is 22.7 Å². The lowest BCUT2D eigenvalue weighted by Crippen LogP contribution is -2.60. The van der Waals surface area contributed by atoms with Gasteiger partial charge in [0, 0.05) is 58.6 Å². The molecular formula is C26H22Cl2N3O2S-. The number of nitrogens with zero attached hydrogens (tertiary/aromatic N) is 3. The van der Waals surface area contributed by atoms with Gasteiger partial charge in [-0.05, 0) is 53.1 Å². The number of aromatic nitrogens is 1. The minimum absolute atomic E-state index is 0.0190. The molecule has 0 spiro atoms. The average molecular weight is 511 g/mol. The van der Waals surface area contributed by atoms with Gasteiger partial charge >= 0.3 is 0 Å². The summed E-state index contributed by atoms with van der Waals surface area (Å²) in [5.74, 6) is 0. The molecule has 1 aliphatic rings. The summed E-state index contributed by atoms with van der Waals surface area (Å²) in [5, 5.41) is 2.33. The van der Waals surface area contributed by atoms with Crippen LogP contribution in [0.3, 0.4) is 0 Å². The number of pyridine rings is 1. The first-order valence-electron chi connectivity index (χ1n) is 10.9. The van der Waals surface area contributed by atoms with Crippen molar-refractivity contribution in [3.05, 3.63) is 112 Å². The number of rotatable bonds is 7. The van der Waals surface area contributed by atoms with E-state index in [0.717, 1.165) is 27.6 Å². The summed E-state index contributed by atoms with van der Waals surface area (Å²) < 4.78 is 26.0. The van der Waals surface area contributed by atoms with Gasteiger partial charge in [-0.3, -0.25) is 14.1 Å². The van der Waals surface area contributed by atoms with Crippen LogP contribution in [-0.4, -0.2) is 42.1 Å². The second-order valence-corrected chi connectivity index (χ2v) is 10.2. The molecule has 1 aliphatic heterocycles. The summed E-state index contributed by atoms with van der Waals surface area (Å²) in [6, 6.07) is 25.1. The predicted octanol–water partition coefficient (Wildman–Crippen LogP) is 5.61. The number of benzene rings is 3. The Morgan fingerprint density at radius 2 is 1.56 bits per heavy atom. The number of hydrogen-bond acceptors (Lipinski definition) is 4. The smallest absolute Gasteiger partial charge is 0.0705 e. The third kappa shape index (κ3) is 4.89. The molecule has 3 aromatic carbocycles. The van der Waals surface area contributed by atoms with Crippen molar-refractivity contribution in [2.45, 2.75) is 18.6 Å². The molecule has 2 heterocycles. The number of halogens is 2. The van der Waals surface area contributed by atoms with Crippen LogP contribution in [0.5, 0.6) is 0 Å². The molecule has 174 valence electrons. The van der Waals surface area contributed by atoms with Crippen molar-refractivity contribution in [3.63, 3.8) is 0 Å². The minimum atomic E-state index is -2.35. The fourth-order valence-corrected chi connectivity index (χ4v) is 5.43. The standard InChI is InChI=1S/C26H23Cl2N3O2S/c27-21-10-6-18(7-11-21)26(19-8-12-22(28)13-9-19)30-16-23(17-30)31(34(32)33)15-20-3-1-5-25-24(20)4-2-14-29-25/h1-14,23,26H,15-17H2,(H,32,33)/p-1. The molecule has 34 heavy (non-hydrogen) atoms. The average Bonchev–Trinajstić information content (AvgIpc) is 2.81. The number of hydrogen-bond donors (Lipinski definition) is 0. The molecule has 0 bridgehead atoms. The minimum Gasteiger partial charge on any atom is -0.760 e. The second kappa shape index (κ2) is 10.1. The Morgan fingerprint density at radius 3 is 2.15 bits per heavy atom. The van der Waals surface area contributed by atoms with E-state index >= 15 is 0 Å². The molecule has 5 rings (SSSR count). The maximum Gasteiger partial charge on any atom is 0.0705 e. The van der Waals surface area contributed by atoms with E-state index in [0.29, 0.717) is 29.7 Å². The third-order valence-corrected chi connectivity index (χ3v) is 7.60. The first-order valence-corrected chi connectivity index (χ1v) is 12.7. The fourth-order valence-electron chi connectivity index (χ4n) is 4.56. The van der Waals surface area contributed by atoms with Crippen molar-refractivity contribution in [2.24, 2.45) is 0 Å². The predicted molar refractivity (Wildman–Crippen MR) is 136 cm³/mol. The fraction of sp³-hybridized carbons (Fsp3) is 0.192. The van der Waals surface area contributed by atoms with Crippen LogP contribution < -0.4 is 0 Å². The zero-order valence-electron chi connectivity index (χ0n) is 18.2. The molecular weight excluding hydrogens is 489 g/mol. The summed E-state index contributed by atoms with van der Waals surface area (Å²) in [5.41, 5.74) is 4.00. The van der Waals surface area contributed by atoms with E-state index in [9.17, 15) is 8.76 Å². The quantitative estimate of drug-likeness (QED) is 0.303. The van der Waals surface area contributed by atoms with Crippen molar-refractivity contribution < 1.29 is 8.76 Å². The van der Waals surface area contributed by atoms with Gasteiger partial charge in [-0.2, -0.15) is 0 Å². The monoisotopic (exact) mass is 510 g/mol. The largest absolute Gasteiger partial charge is 0.760 e. The van der Waals surface area contributed by atoms with E-state index in [1.165, 1.54) is 0 Å². The molecule has 1 saturated heterocycles. The molecule has 1 unspecified atom stereocenters. The molecule has 0 amide bonds. The molecule has 1 atom stereocenters. The Hall–Kier alpha value is -2.32. The van der Waals surface area contributed by atoms with Crippen LogP contribution >= 0.6 is 23.2 Å². The van der Waals surface area contributed by atoms with E-state index < -0.39 is 11.3 Å². The van der Waals surface area contributed by atoms with E-state index in [1.807, 2.05) is 78.9 Å². The van der Waals surface area contributed by atoms with Crippen molar-refractivity contribution >= 4 is 45.4 Å². The topological polar surface area (TPSA) is 59.5 Å². The molecule has 5 nitrogen and oxygen atoms in total. The molecule has 1 aromatic heterocycles. The summed E-state index contributed by atoms with van der Waals surface area (Å²) in [6.45, 7) is 1.55. The lowest BCUT2D eigenvalue weighted by atomic mass is 9.93. The van der Waals surface area contributed by atoms with Gasteiger partial charge in [0.05, 0.1) is 11.6 Å². The highest BCUT2D eigenvalue weighted by molar-refractivity contribution is 7.76. The van der Waals surface area contributed by atoms with Gasteiger partial charge < -0.3 is 4.55 Å². The molecule has 0 radical (unpaired) electrons. The maximum atomic E-state index is 12.2. The summed E-state index contributed by atoms with van der Waals surface area (Å²) in [6.07, 6.45) is 1.74. The van der Waals surface area contributed by atoms with Gasteiger partial charge in [0.1, 0.15) is 0 Å². The highest BCUT2D eigenvalue weighted by Crippen LogP contribution is 2.35. The van der Waals surface area contributed by atoms with Crippen LogP contribution in [-0.2, 0) is 17.8 Å². The van der Waals surface area contributed by atoms with Crippen LogP contribution in [0.25, 0.3) is 10.9 Å². The normalized spacial score (nSPS) is 15.7. The third-order valence-electron chi connectivity index (χ3n) is 6.29. The molecule has 0 saturated carbocycles. The van der Waals surface area contributed by atoms with Crippen LogP contribution in [0.15, 0.2) is 85.1 Å². The zero-order chi connectivity index (χ0) is 23.7. The lowest BCUT2D eigenvalue weighted by Gasteiger charge is -2.49. The van der Waals surface area contributed by atoms with Gasteiger partial charge in [0.25, 0.3) is 0 Å². The number of likely N-dealkylation sites (tertiary alicyclic amines) is 1. The van der Waals surface area contributed by atoms with Gasteiger partial charge in [-0.25, -0.2) is 4.31 Å². The van der Waals surface area contributed by atoms with Gasteiger partial charge in [0.15, 0.2) is 0 Å². The zero-order valence-corrected chi connectivity index (χ0v) is 20.5. The molecule has 4 aromatic rings. The van der Waals surface area contributed by atoms with E-state index in [4.69, 9.17) is 23.2 Å². The summed E-state index contributed by atoms with van der Waals surface area (Å²) >= 11 is 9.89. The summed E-state index contributed by atoms with van der Waals surface area (Å²) in [7, 11) is 0. The van der Waals surface area contributed by atoms with Crippen molar-refractivity contribution in [1.82, 2.24) is 14.2 Å². The highest BCUT2D eigenvalue weighted by Gasteiger charge is 2.38. The Labute approximate surface area is 211 Å². The first kappa shape index (κ1) is 23.4. The van der Waals surface area contributed by atoms with E-state index in [1.54, 1.807) is 10.5 Å². The second-order valence-electron chi connectivity index (χ2n) is 8.39.